The average molecular weight is 467 g/mol. The minimum atomic E-state index is -0.466. The summed E-state index contributed by atoms with van der Waals surface area (Å²) in [6.45, 7) is 6.88. The van der Waals surface area contributed by atoms with Crippen molar-refractivity contribution in [3.8, 4) is 0 Å². The van der Waals surface area contributed by atoms with Crippen LogP contribution in [0.25, 0.3) is 0 Å². The van der Waals surface area contributed by atoms with E-state index in [-0.39, 0.29) is 23.3 Å². The van der Waals surface area contributed by atoms with Crippen molar-refractivity contribution in [1.29, 1.82) is 0 Å². The van der Waals surface area contributed by atoms with Crippen molar-refractivity contribution < 1.29 is 19.4 Å². The molecule has 1 unspecified atom stereocenters. The molecular weight excluding hydrogens is 428 g/mol. The van der Waals surface area contributed by atoms with Crippen LogP contribution in [0.15, 0.2) is 12.4 Å². The molecule has 7 fully saturated rings. The Morgan fingerprint density at radius 1 is 1.09 bits per heavy atom. The van der Waals surface area contributed by atoms with Crippen LogP contribution in [-0.4, -0.2) is 38.8 Å². The first-order valence-corrected chi connectivity index (χ1v) is 13.7. The number of ether oxygens (including phenoxy) is 1. The summed E-state index contributed by atoms with van der Waals surface area (Å²) in [6, 6.07) is 0. The lowest BCUT2D eigenvalue weighted by atomic mass is 9.49. The number of rotatable bonds is 5. The number of Topliss-reactive ketones (excluding diaryl/α,β-unsaturated/α-hetero) is 1. The van der Waals surface area contributed by atoms with Crippen LogP contribution in [0.2, 0.25) is 0 Å². The van der Waals surface area contributed by atoms with E-state index in [4.69, 9.17) is 4.74 Å². The molecule has 7 aliphatic carbocycles. The standard InChI is InChI=1S/C28H38N2O4/c1-4-34-25(32)16-12-29-30(13-16)14-20(31)28-23-21(24(23)28)22-19-6-5-15-11-26(2,33)9-7-17(15)18(19)8-10-27(22,28)3/h12-13,15,17-19,21-24,33H,4-11,14H2,1-3H3/t15-,17+,18-,19-,21-,22-,23?,24-,26-,27+,28+/m1/s1. The van der Waals surface area contributed by atoms with E-state index in [1.807, 2.05) is 6.92 Å². The highest BCUT2D eigenvalue weighted by molar-refractivity contribution is 5.94. The van der Waals surface area contributed by atoms with Crippen LogP contribution in [0.3, 0.4) is 0 Å². The van der Waals surface area contributed by atoms with Crippen LogP contribution in [0, 0.1) is 58.2 Å². The first-order chi connectivity index (χ1) is 16.2. The lowest BCUT2D eigenvalue weighted by Crippen LogP contribution is -2.51. The number of ketones is 1. The summed E-state index contributed by atoms with van der Waals surface area (Å²) in [5.74, 6) is 5.74. The number of fused-ring (bicyclic) bond motifs is 3. The van der Waals surface area contributed by atoms with Crippen LogP contribution in [0.1, 0.15) is 76.1 Å². The van der Waals surface area contributed by atoms with Crippen molar-refractivity contribution in [2.75, 3.05) is 6.61 Å². The Hall–Kier alpha value is -1.69. The highest BCUT2D eigenvalue weighted by atomic mass is 16.5. The van der Waals surface area contributed by atoms with Gasteiger partial charge in [0.05, 0.1) is 24.0 Å². The van der Waals surface area contributed by atoms with Crippen molar-refractivity contribution in [1.82, 2.24) is 9.78 Å². The predicted octanol–water partition coefficient (Wildman–Crippen LogP) is 4.11. The molecule has 1 N–H and O–H groups in total. The van der Waals surface area contributed by atoms with Gasteiger partial charge in [0.15, 0.2) is 5.78 Å². The van der Waals surface area contributed by atoms with Gasteiger partial charge in [-0.05, 0) is 112 Å². The number of hydrogen-bond donors (Lipinski definition) is 1. The molecular formula is C28H38N2O4. The number of nitrogens with zero attached hydrogens (tertiary/aromatic N) is 2. The molecule has 8 rings (SSSR count). The Kier molecular flexibility index (Phi) is 4.28. The van der Waals surface area contributed by atoms with E-state index in [0.717, 1.165) is 36.5 Å². The summed E-state index contributed by atoms with van der Waals surface area (Å²) < 4.78 is 6.72. The van der Waals surface area contributed by atoms with Gasteiger partial charge in [-0.25, -0.2) is 4.79 Å². The third-order valence-electron chi connectivity index (χ3n) is 11.8. The number of carbonyl (C=O) groups excluding carboxylic acids is 2. The Bertz CT molecular complexity index is 1050. The molecule has 1 aromatic rings. The molecule has 184 valence electrons. The fraction of sp³-hybridized carbons (Fsp3) is 0.821. The summed E-state index contributed by atoms with van der Waals surface area (Å²) in [6.07, 6.45) is 11.3. The van der Waals surface area contributed by atoms with Gasteiger partial charge in [-0.3, -0.25) is 9.48 Å². The fourth-order valence-corrected chi connectivity index (χ4v) is 10.7. The van der Waals surface area contributed by atoms with Gasteiger partial charge in [-0.2, -0.15) is 5.10 Å². The Labute approximate surface area is 201 Å². The zero-order valence-electron chi connectivity index (χ0n) is 20.7. The molecule has 7 saturated carbocycles. The lowest BCUT2D eigenvalue weighted by Gasteiger charge is -2.56. The number of esters is 1. The monoisotopic (exact) mass is 466 g/mol. The largest absolute Gasteiger partial charge is 0.462 e. The van der Waals surface area contributed by atoms with Gasteiger partial charge in [0, 0.05) is 11.6 Å². The van der Waals surface area contributed by atoms with Crippen LogP contribution in [0.5, 0.6) is 0 Å². The second kappa shape index (κ2) is 6.74. The highest BCUT2D eigenvalue weighted by Crippen LogP contribution is 2.99. The second-order valence-corrected chi connectivity index (χ2v) is 13.1. The molecule has 6 heteroatoms. The third kappa shape index (κ3) is 2.54. The van der Waals surface area contributed by atoms with Crippen LogP contribution in [0.4, 0.5) is 0 Å². The van der Waals surface area contributed by atoms with Gasteiger partial charge < -0.3 is 9.84 Å². The molecule has 34 heavy (non-hydrogen) atoms. The van der Waals surface area contributed by atoms with E-state index in [2.05, 4.69) is 12.0 Å². The maximum absolute atomic E-state index is 13.8. The van der Waals surface area contributed by atoms with E-state index < -0.39 is 5.60 Å². The Morgan fingerprint density at radius 2 is 1.85 bits per heavy atom. The first-order valence-electron chi connectivity index (χ1n) is 13.7. The molecule has 0 radical (unpaired) electrons. The lowest BCUT2D eigenvalue weighted by molar-refractivity contribution is -0.136. The third-order valence-corrected chi connectivity index (χ3v) is 11.8. The molecule has 1 aromatic heterocycles. The van der Waals surface area contributed by atoms with Crippen LogP contribution < -0.4 is 0 Å². The van der Waals surface area contributed by atoms with Gasteiger partial charge in [0.1, 0.15) is 6.54 Å². The van der Waals surface area contributed by atoms with E-state index in [1.165, 1.54) is 38.3 Å². The highest BCUT2D eigenvalue weighted by Gasteiger charge is 2.99. The average Bonchev–Trinajstić information content (AvgIpc) is 3.55. The van der Waals surface area contributed by atoms with E-state index >= 15 is 0 Å². The summed E-state index contributed by atoms with van der Waals surface area (Å²) in [5, 5.41) is 15.0. The van der Waals surface area contributed by atoms with E-state index in [1.54, 1.807) is 17.8 Å². The molecule has 0 spiro atoms. The van der Waals surface area contributed by atoms with Crippen molar-refractivity contribution >= 4 is 11.8 Å². The minimum absolute atomic E-state index is 0.129. The van der Waals surface area contributed by atoms with Crippen molar-refractivity contribution in [2.24, 2.45) is 58.2 Å². The number of hydrogen-bond acceptors (Lipinski definition) is 5. The van der Waals surface area contributed by atoms with Crippen LogP contribution in [-0.2, 0) is 16.1 Å². The number of aliphatic hydroxyl groups is 1. The molecule has 0 aromatic carbocycles. The molecule has 6 nitrogen and oxygen atoms in total. The summed E-state index contributed by atoms with van der Waals surface area (Å²) in [7, 11) is 0. The molecule has 0 aliphatic heterocycles. The van der Waals surface area contributed by atoms with E-state index in [9.17, 15) is 14.7 Å². The van der Waals surface area contributed by atoms with Gasteiger partial charge in [0.25, 0.3) is 0 Å². The normalized spacial score (nSPS) is 51.5. The Morgan fingerprint density at radius 3 is 2.62 bits per heavy atom. The first kappa shape index (κ1) is 21.6. The smallest absolute Gasteiger partial charge is 0.341 e. The molecule has 2 bridgehead atoms. The molecule has 1 heterocycles. The quantitative estimate of drug-likeness (QED) is 0.661. The molecule has 11 atom stereocenters. The fourth-order valence-electron chi connectivity index (χ4n) is 10.7. The van der Waals surface area contributed by atoms with Gasteiger partial charge in [-0.1, -0.05) is 6.92 Å². The number of carbonyl (C=O) groups is 2. The maximum atomic E-state index is 13.8. The van der Waals surface area contributed by atoms with Crippen molar-refractivity contribution in [3.63, 3.8) is 0 Å². The van der Waals surface area contributed by atoms with Gasteiger partial charge in [-0.15, -0.1) is 0 Å². The zero-order chi connectivity index (χ0) is 23.6. The molecule has 0 amide bonds. The van der Waals surface area contributed by atoms with Crippen molar-refractivity contribution in [2.45, 2.75) is 77.9 Å². The second-order valence-electron chi connectivity index (χ2n) is 13.1. The SMILES string of the molecule is CCOC(=O)c1cnn(CC(=O)[C@@]23C4[C@@H]([C@H]5[C@@H]6CC[C@@H]7C[C@](C)(O)CC[C@@H]7[C@H]6CC[C@@]52C)[C@H]43)c1. The topological polar surface area (TPSA) is 81.4 Å². The zero-order valence-corrected chi connectivity index (χ0v) is 20.7. The van der Waals surface area contributed by atoms with Crippen LogP contribution >= 0.6 is 0 Å². The van der Waals surface area contributed by atoms with Gasteiger partial charge in [0.2, 0.25) is 0 Å². The predicted molar refractivity (Wildman–Crippen MR) is 125 cm³/mol. The Balaban J connectivity index is 1.10. The molecule has 7 aliphatic rings. The summed E-state index contributed by atoms with van der Waals surface area (Å²) in [5.41, 5.74) is -0.0386. The van der Waals surface area contributed by atoms with Gasteiger partial charge >= 0.3 is 5.97 Å². The summed E-state index contributed by atoms with van der Waals surface area (Å²) in [4.78, 5) is 25.8. The van der Waals surface area contributed by atoms with Crippen molar-refractivity contribution in [3.05, 3.63) is 18.0 Å². The van der Waals surface area contributed by atoms with E-state index in [0.29, 0.717) is 41.6 Å². The number of aromatic nitrogens is 2. The molecule has 0 saturated heterocycles. The minimum Gasteiger partial charge on any atom is -0.462 e. The maximum Gasteiger partial charge on any atom is 0.341 e. The summed E-state index contributed by atoms with van der Waals surface area (Å²) >= 11 is 0.